The maximum absolute atomic E-state index is 5.10. The van der Waals surface area contributed by atoms with Gasteiger partial charge in [0.25, 0.3) is 0 Å². The smallest absolute Gasteiger partial charge is 0.213 e. The van der Waals surface area contributed by atoms with Crippen LogP contribution in [0.3, 0.4) is 0 Å². The molecular weight excluding hydrogens is 146 g/mol. The SMILES string of the molecule is CCOc1ccc([S])cn1. The van der Waals surface area contributed by atoms with Crippen molar-refractivity contribution in [3.05, 3.63) is 18.3 Å². The molecule has 1 radical (unpaired) electrons. The Bertz CT molecular complexity index is 197. The van der Waals surface area contributed by atoms with Gasteiger partial charge in [0.2, 0.25) is 5.88 Å². The molecule has 2 nitrogen and oxygen atoms in total. The first-order valence-electron chi connectivity index (χ1n) is 3.09. The number of aromatic nitrogens is 1. The topological polar surface area (TPSA) is 22.1 Å². The van der Waals surface area contributed by atoms with Crippen LogP contribution in [0, 0.1) is 0 Å². The predicted octanol–water partition coefficient (Wildman–Crippen LogP) is 2.04. The van der Waals surface area contributed by atoms with E-state index in [4.69, 9.17) is 17.4 Å². The molecule has 1 heterocycles. The lowest BCUT2D eigenvalue weighted by molar-refractivity contribution is 0.326. The van der Waals surface area contributed by atoms with Crippen LogP contribution in [0.1, 0.15) is 6.92 Å². The molecule has 0 aliphatic heterocycles. The number of nitrogens with zero attached hydrogens (tertiary/aromatic N) is 1. The minimum Gasteiger partial charge on any atom is -0.478 e. The van der Waals surface area contributed by atoms with Gasteiger partial charge in [-0.3, -0.25) is 0 Å². The highest BCUT2D eigenvalue weighted by atomic mass is 32.1. The van der Waals surface area contributed by atoms with Crippen LogP contribution in [0.25, 0.3) is 0 Å². The molecule has 1 aromatic rings. The van der Waals surface area contributed by atoms with Crippen molar-refractivity contribution in [2.24, 2.45) is 0 Å². The van der Waals surface area contributed by atoms with Crippen molar-refractivity contribution in [2.45, 2.75) is 11.8 Å². The number of hydrogen-bond donors (Lipinski definition) is 0. The molecule has 0 amide bonds. The Morgan fingerprint density at radius 1 is 1.60 bits per heavy atom. The lowest BCUT2D eigenvalue weighted by atomic mass is 10.5. The molecule has 0 aromatic carbocycles. The third kappa shape index (κ3) is 1.84. The van der Waals surface area contributed by atoms with Gasteiger partial charge >= 0.3 is 0 Å². The van der Waals surface area contributed by atoms with Gasteiger partial charge in [-0.2, -0.15) is 0 Å². The van der Waals surface area contributed by atoms with Crippen LogP contribution in [-0.4, -0.2) is 11.6 Å². The van der Waals surface area contributed by atoms with E-state index in [2.05, 4.69) is 4.98 Å². The fourth-order valence-electron chi connectivity index (χ4n) is 0.600. The third-order valence-electron chi connectivity index (χ3n) is 1.00. The highest BCUT2D eigenvalue weighted by Gasteiger charge is 1.90. The number of ether oxygens (including phenoxy) is 1. The summed E-state index contributed by atoms with van der Waals surface area (Å²) < 4.78 is 5.10. The van der Waals surface area contributed by atoms with Crippen LogP contribution in [0.4, 0.5) is 0 Å². The fourth-order valence-corrected chi connectivity index (χ4v) is 0.721. The van der Waals surface area contributed by atoms with Gasteiger partial charge < -0.3 is 4.74 Å². The Morgan fingerprint density at radius 3 is 2.90 bits per heavy atom. The summed E-state index contributed by atoms with van der Waals surface area (Å²) in [4.78, 5) is 4.68. The van der Waals surface area contributed by atoms with E-state index in [0.29, 0.717) is 12.5 Å². The molecule has 0 spiro atoms. The van der Waals surface area contributed by atoms with E-state index < -0.39 is 0 Å². The highest BCUT2D eigenvalue weighted by molar-refractivity contribution is 7.80. The van der Waals surface area contributed by atoms with Crippen LogP contribution in [-0.2, 0) is 0 Å². The normalized spacial score (nSPS) is 9.30. The molecule has 0 atom stereocenters. The van der Waals surface area contributed by atoms with Crippen LogP contribution < -0.4 is 4.74 Å². The number of hydrogen-bond acceptors (Lipinski definition) is 2. The average molecular weight is 154 g/mol. The Morgan fingerprint density at radius 2 is 2.40 bits per heavy atom. The van der Waals surface area contributed by atoms with Gasteiger partial charge in [-0.1, -0.05) is 12.6 Å². The third-order valence-corrected chi connectivity index (χ3v) is 1.24. The Hall–Kier alpha value is -0.830. The summed E-state index contributed by atoms with van der Waals surface area (Å²) in [5.74, 6) is 0.635. The van der Waals surface area contributed by atoms with Crippen molar-refractivity contribution in [1.29, 1.82) is 0 Å². The second kappa shape index (κ2) is 3.37. The standard InChI is InChI=1S/C7H8NOS/c1-2-9-7-4-3-6(10)5-8-7/h3-5H,2H2,1H3. The minimum absolute atomic E-state index is 0.635. The lowest BCUT2D eigenvalue weighted by Gasteiger charge is -1.99. The molecule has 0 unspecified atom stereocenters. The maximum Gasteiger partial charge on any atom is 0.213 e. The van der Waals surface area contributed by atoms with E-state index in [1.165, 1.54) is 0 Å². The van der Waals surface area contributed by atoms with Gasteiger partial charge in [0, 0.05) is 12.3 Å². The Balaban J connectivity index is 2.69. The largest absolute Gasteiger partial charge is 0.478 e. The Labute approximate surface area is 65.6 Å². The van der Waals surface area contributed by atoms with Crippen molar-refractivity contribution in [3.63, 3.8) is 0 Å². The zero-order valence-electron chi connectivity index (χ0n) is 5.70. The summed E-state index contributed by atoms with van der Waals surface area (Å²) in [5.41, 5.74) is 0. The van der Waals surface area contributed by atoms with Crippen molar-refractivity contribution in [2.75, 3.05) is 6.61 Å². The predicted molar refractivity (Wildman–Crippen MR) is 41.3 cm³/mol. The molecule has 0 saturated carbocycles. The summed E-state index contributed by atoms with van der Waals surface area (Å²) in [6.45, 7) is 2.56. The Kier molecular flexibility index (Phi) is 2.45. The van der Waals surface area contributed by atoms with Gasteiger partial charge in [-0.25, -0.2) is 4.98 Å². The van der Waals surface area contributed by atoms with Crippen LogP contribution in [0.15, 0.2) is 23.2 Å². The lowest BCUT2D eigenvalue weighted by Crippen LogP contribution is -1.92. The maximum atomic E-state index is 5.10. The molecule has 0 N–H and O–H groups in total. The molecule has 53 valence electrons. The number of rotatable bonds is 2. The molecule has 0 aliphatic rings. The van der Waals surface area contributed by atoms with E-state index >= 15 is 0 Å². The van der Waals surface area contributed by atoms with Gasteiger partial charge in [-0.05, 0) is 13.0 Å². The summed E-state index contributed by atoms with van der Waals surface area (Å²) in [5, 5.41) is 0. The van der Waals surface area contributed by atoms with Crippen LogP contribution >= 0.6 is 12.6 Å². The molecule has 3 heteroatoms. The van der Waals surface area contributed by atoms with Gasteiger partial charge in [0.15, 0.2) is 0 Å². The summed E-state index contributed by atoms with van der Waals surface area (Å²) in [7, 11) is 0. The van der Waals surface area contributed by atoms with Crippen LogP contribution in [0.5, 0.6) is 5.88 Å². The molecule has 0 aliphatic carbocycles. The second-order valence-corrected chi connectivity index (χ2v) is 2.24. The van der Waals surface area contributed by atoms with Crippen molar-refractivity contribution >= 4 is 12.6 Å². The quantitative estimate of drug-likeness (QED) is 0.650. The first kappa shape index (κ1) is 7.28. The summed E-state index contributed by atoms with van der Waals surface area (Å²) >= 11 is 4.84. The molecule has 0 bridgehead atoms. The molecule has 0 saturated heterocycles. The van der Waals surface area contributed by atoms with Crippen molar-refractivity contribution < 1.29 is 4.74 Å². The molecular formula is C7H8NOS. The molecule has 10 heavy (non-hydrogen) atoms. The minimum atomic E-state index is 0.635. The van der Waals surface area contributed by atoms with E-state index in [9.17, 15) is 0 Å². The van der Waals surface area contributed by atoms with E-state index in [1.54, 1.807) is 18.3 Å². The van der Waals surface area contributed by atoms with E-state index in [0.717, 1.165) is 4.90 Å². The first-order chi connectivity index (χ1) is 4.83. The van der Waals surface area contributed by atoms with Gasteiger partial charge in [0.1, 0.15) is 0 Å². The highest BCUT2D eigenvalue weighted by Crippen LogP contribution is 2.09. The first-order valence-corrected chi connectivity index (χ1v) is 3.49. The van der Waals surface area contributed by atoms with Crippen molar-refractivity contribution in [3.8, 4) is 5.88 Å². The average Bonchev–Trinajstić information content (AvgIpc) is 1.95. The van der Waals surface area contributed by atoms with E-state index in [-0.39, 0.29) is 0 Å². The molecule has 1 aromatic heterocycles. The second-order valence-electron chi connectivity index (χ2n) is 1.77. The van der Waals surface area contributed by atoms with Crippen LogP contribution in [0.2, 0.25) is 0 Å². The summed E-state index contributed by atoms with van der Waals surface area (Å²) in [6.07, 6.45) is 1.61. The van der Waals surface area contributed by atoms with E-state index in [1.807, 2.05) is 6.92 Å². The van der Waals surface area contributed by atoms with Gasteiger partial charge in [0.05, 0.1) is 11.5 Å². The zero-order chi connectivity index (χ0) is 7.40. The molecule has 0 fully saturated rings. The summed E-state index contributed by atoms with van der Waals surface area (Å²) in [6, 6.07) is 3.57. The van der Waals surface area contributed by atoms with Crippen molar-refractivity contribution in [1.82, 2.24) is 4.98 Å². The molecule has 1 rings (SSSR count). The zero-order valence-corrected chi connectivity index (χ0v) is 6.52. The fraction of sp³-hybridized carbons (Fsp3) is 0.286. The monoisotopic (exact) mass is 154 g/mol. The van der Waals surface area contributed by atoms with Gasteiger partial charge in [-0.15, -0.1) is 0 Å². The number of pyridine rings is 1.